The van der Waals surface area contributed by atoms with Crippen LogP contribution in [0.2, 0.25) is 0 Å². The smallest absolute Gasteiger partial charge is 0.170 e. The zero-order valence-corrected chi connectivity index (χ0v) is 12.9. The lowest BCUT2D eigenvalue weighted by Gasteiger charge is -2.47. The van der Waals surface area contributed by atoms with E-state index in [4.69, 9.17) is 15.2 Å². The number of likely N-dealkylation sites (tertiary alicyclic amines) is 1. The van der Waals surface area contributed by atoms with Crippen molar-refractivity contribution in [3.63, 3.8) is 0 Å². The zero-order chi connectivity index (χ0) is 14.2. The van der Waals surface area contributed by atoms with E-state index in [1.165, 1.54) is 19.4 Å². The van der Waals surface area contributed by atoms with Gasteiger partial charge in [-0.1, -0.05) is 0 Å². The topological polar surface area (TPSA) is 51.0 Å². The second-order valence-corrected chi connectivity index (χ2v) is 6.84. The summed E-state index contributed by atoms with van der Waals surface area (Å²) in [5.41, 5.74) is 6.42. The molecule has 1 spiro atoms. The molecule has 1 aliphatic carbocycles. The maximum atomic E-state index is 6.42. The normalized spacial score (nSPS) is 38.7. The zero-order valence-electron chi connectivity index (χ0n) is 12.9. The fourth-order valence-electron chi connectivity index (χ4n) is 4.02. The van der Waals surface area contributed by atoms with Gasteiger partial charge in [0.1, 0.15) is 0 Å². The van der Waals surface area contributed by atoms with E-state index in [1.54, 1.807) is 0 Å². The number of nitrogens with zero attached hydrogens (tertiary/aromatic N) is 2. The summed E-state index contributed by atoms with van der Waals surface area (Å²) >= 11 is 0. The van der Waals surface area contributed by atoms with Crippen molar-refractivity contribution in [3.05, 3.63) is 0 Å². The Labute approximate surface area is 122 Å². The first-order chi connectivity index (χ1) is 9.60. The molecule has 2 saturated heterocycles. The summed E-state index contributed by atoms with van der Waals surface area (Å²) in [5, 5.41) is 0. The van der Waals surface area contributed by atoms with Gasteiger partial charge in [0.05, 0.1) is 13.2 Å². The summed E-state index contributed by atoms with van der Waals surface area (Å²) in [4.78, 5) is 4.93. The van der Waals surface area contributed by atoms with E-state index >= 15 is 0 Å². The Morgan fingerprint density at radius 1 is 1.20 bits per heavy atom. The van der Waals surface area contributed by atoms with Crippen LogP contribution in [0.4, 0.5) is 0 Å². The summed E-state index contributed by atoms with van der Waals surface area (Å²) in [7, 11) is 4.36. The average molecular weight is 283 g/mol. The van der Waals surface area contributed by atoms with E-state index in [0.29, 0.717) is 12.1 Å². The van der Waals surface area contributed by atoms with Crippen LogP contribution in [0.25, 0.3) is 0 Å². The fraction of sp³-hybridized carbons (Fsp3) is 1.00. The highest BCUT2D eigenvalue weighted by molar-refractivity contribution is 4.97. The van der Waals surface area contributed by atoms with E-state index in [1.807, 2.05) is 0 Å². The molecule has 3 rings (SSSR count). The fourth-order valence-corrected chi connectivity index (χ4v) is 4.02. The van der Waals surface area contributed by atoms with E-state index in [2.05, 4.69) is 23.9 Å². The van der Waals surface area contributed by atoms with Crippen LogP contribution < -0.4 is 5.73 Å². The highest BCUT2D eigenvalue weighted by Gasteiger charge is 2.46. The van der Waals surface area contributed by atoms with Gasteiger partial charge in [-0.3, -0.25) is 4.90 Å². The van der Waals surface area contributed by atoms with Crippen LogP contribution in [0.5, 0.6) is 0 Å². The Bertz CT molecular complexity index is 331. The minimum Gasteiger partial charge on any atom is -0.347 e. The molecule has 0 aromatic carbocycles. The van der Waals surface area contributed by atoms with Crippen LogP contribution in [0.15, 0.2) is 0 Å². The van der Waals surface area contributed by atoms with E-state index in [9.17, 15) is 0 Å². The van der Waals surface area contributed by atoms with Crippen LogP contribution in [0, 0.1) is 0 Å². The third-order valence-corrected chi connectivity index (χ3v) is 5.31. The maximum absolute atomic E-state index is 6.42. The van der Waals surface area contributed by atoms with Gasteiger partial charge in [0, 0.05) is 37.5 Å². The largest absolute Gasteiger partial charge is 0.347 e. The van der Waals surface area contributed by atoms with Gasteiger partial charge in [0.25, 0.3) is 0 Å². The molecule has 0 radical (unpaired) electrons. The molecule has 20 heavy (non-hydrogen) atoms. The number of ether oxygens (including phenoxy) is 2. The first-order valence-corrected chi connectivity index (χ1v) is 8.04. The van der Waals surface area contributed by atoms with Crippen LogP contribution in [-0.4, -0.2) is 74.1 Å². The van der Waals surface area contributed by atoms with Crippen molar-refractivity contribution < 1.29 is 9.47 Å². The van der Waals surface area contributed by atoms with Crippen molar-refractivity contribution in [2.75, 3.05) is 40.4 Å². The van der Waals surface area contributed by atoms with Crippen LogP contribution in [0.3, 0.4) is 0 Å². The molecule has 0 bridgehead atoms. The minimum absolute atomic E-state index is 0.259. The van der Waals surface area contributed by atoms with Gasteiger partial charge in [-0.15, -0.1) is 0 Å². The third kappa shape index (κ3) is 2.88. The van der Waals surface area contributed by atoms with Gasteiger partial charge < -0.3 is 20.1 Å². The van der Waals surface area contributed by atoms with Gasteiger partial charge in [-0.25, -0.2) is 0 Å². The Hall–Kier alpha value is -0.200. The summed E-state index contributed by atoms with van der Waals surface area (Å²) in [5.74, 6) is -0.328. The van der Waals surface area contributed by atoms with E-state index < -0.39 is 0 Å². The Balaban J connectivity index is 1.67. The van der Waals surface area contributed by atoms with Gasteiger partial charge in [-0.05, 0) is 39.9 Å². The van der Waals surface area contributed by atoms with Crippen molar-refractivity contribution in [1.82, 2.24) is 9.80 Å². The van der Waals surface area contributed by atoms with Crippen molar-refractivity contribution >= 4 is 0 Å². The van der Waals surface area contributed by atoms with Crippen molar-refractivity contribution in [1.29, 1.82) is 0 Å². The van der Waals surface area contributed by atoms with Crippen LogP contribution in [-0.2, 0) is 9.47 Å². The first-order valence-electron chi connectivity index (χ1n) is 8.04. The minimum atomic E-state index is -0.328. The molecular formula is C15H29N3O2. The van der Waals surface area contributed by atoms with E-state index in [0.717, 1.165) is 39.0 Å². The average Bonchev–Trinajstić information content (AvgIpc) is 2.90. The molecule has 2 aliphatic heterocycles. The lowest BCUT2D eigenvalue weighted by molar-refractivity contribution is -0.193. The van der Waals surface area contributed by atoms with Crippen molar-refractivity contribution in [2.24, 2.45) is 5.73 Å². The molecule has 2 N–H and O–H groups in total. The molecule has 3 aliphatic rings. The lowest BCUT2D eigenvalue weighted by Crippen LogP contribution is -2.59. The summed E-state index contributed by atoms with van der Waals surface area (Å²) in [6, 6.07) is 1.32. The molecule has 2 heterocycles. The van der Waals surface area contributed by atoms with Crippen molar-refractivity contribution in [2.45, 2.75) is 56.0 Å². The van der Waals surface area contributed by atoms with Crippen LogP contribution in [0.1, 0.15) is 32.1 Å². The summed E-state index contributed by atoms with van der Waals surface area (Å²) < 4.78 is 11.8. The standard InChI is InChI=1S/C15H29N3O2/c1-17(2)12-4-3-7-18(11-12)14-10-15(6-5-13(14)16)19-8-9-20-15/h12-14H,3-11,16H2,1-2H3. The predicted molar refractivity (Wildman–Crippen MR) is 78.5 cm³/mol. The molecule has 1 saturated carbocycles. The molecule has 0 amide bonds. The quantitative estimate of drug-likeness (QED) is 0.806. The molecule has 3 atom stereocenters. The van der Waals surface area contributed by atoms with Crippen LogP contribution >= 0.6 is 0 Å². The lowest BCUT2D eigenvalue weighted by atomic mass is 9.84. The SMILES string of the molecule is CN(C)C1CCCN(C2CC3(CCC2N)OCCO3)C1. The maximum Gasteiger partial charge on any atom is 0.170 e. The molecule has 116 valence electrons. The van der Waals surface area contributed by atoms with Gasteiger partial charge in [0.15, 0.2) is 5.79 Å². The summed E-state index contributed by atoms with van der Waals surface area (Å²) in [6.45, 7) is 3.77. The van der Waals surface area contributed by atoms with E-state index in [-0.39, 0.29) is 11.8 Å². The first kappa shape index (κ1) is 14.7. The number of piperidine rings is 1. The Morgan fingerprint density at radius 3 is 2.65 bits per heavy atom. The molecular weight excluding hydrogens is 254 g/mol. The molecule has 3 fully saturated rings. The molecule has 3 unspecified atom stereocenters. The molecule has 5 nitrogen and oxygen atoms in total. The number of hydrogen-bond acceptors (Lipinski definition) is 5. The highest BCUT2D eigenvalue weighted by Crippen LogP contribution is 2.38. The highest BCUT2D eigenvalue weighted by atomic mass is 16.7. The van der Waals surface area contributed by atoms with Crippen molar-refractivity contribution in [3.8, 4) is 0 Å². The van der Waals surface area contributed by atoms with Gasteiger partial charge in [-0.2, -0.15) is 0 Å². The van der Waals surface area contributed by atoms with Gasteiger partial charge in [0.2, 0.25) is 0 Å². The number of hydrogen-bond donors (Lipinski definition) is 1. The monoisotopic (exact) mass is 283 g/mol. The Kier molecular flexibility index (Phi) is 4.34. The molecule has 5 heteroatoms. The Morgan fingerprint density at radius 2 is 1.95 bits per heavy atom. The number of rotatable bonds is 2. The second-order valence-electron chi connectivity index (χ2n) is 6.84. The molecule has 0 aromatic rings. The number of likely N-dealkylation sites (N-methyl/N-ethyl adjacent to an activating group) is 1. The predicted octanol–water partition coefficient (Wildman–Crippen LogP) is 0.635. The summed E-state index contributed by atoms with van der Waals surface area (Å²) in [6.07, 6.45) is 5.46. The van der Waals surface area contributed by atoms with Gasteiger partial charge >= 0.3 is 0 Å². The second kappa shape index (κ2) is 5.89. The molecule has 0 aromatic heterocycles. The third-order valence-electron chi connectivity index (χ3n) is 5.31. The number of nitrogens with two attached hydrogens (primary N) is 1.